The number of benzene rings is 2. The summed E-state index contributed by atoms with van der Waals surface area (Å²) in [5.74, 6) is 1.11. The van der Waals surface area contributed by atoms with E-state index in [1.165, 1.54) is 0 Å². The first-order valence-corrected chi connectivity index (χ1v) is 9.85. The summed E-state index contributed by atoms with van der Waals surface area (Å²) >= 11 is 0. The Kier molecular flexibility index (Phi) is 4.94. The van der Waals surface area contributed by atoms with Gasteiger partial charge < -0.3 is 19.9 Å². The van der Waals surface area contributed by atoms with Gasteiger partial charge in [-0.15, -0.1) is 0 Å². The summed E-state index contributed by atoms with van der Waals surface area (Å²) in [5.41, 5.74) is 3.37. The molecule has 1 amide bonds. The number of rotatable bonds is 3. The van der Waals surface area contributed by atoms with Crippen LogP contribution in [0.15, 0.2) is 42.5 Å². The number of fused-ring (bicyclic) bond motifs is 1. The Morgan fingerprint density at radius 2 is 1.93 bits per heavy atom. The summed E-state index contributed by atoms with van der Waals surface area (Å²) < 4.78 is 0. The SMILES string of the molecule is CC(C)c1ccc(C(=O)N2CCCN(c3nc4ccccc4[nH]3)CC2)c(O)c1. The molecule has 1 saturated heterocycles. The van der Waals surface area contributed by atoms with Gasteiger partial charge in [0.1, 0.15) is 5.75 Å². The quantitative estimate of drug-likeness (QED) is 0.728. The molecule has 0 saturated carbocycles. The molecule has 0 radical (unpaired) electrons. The van der Waals surface area contributed by atoms with Crippen LogP contribution >= 0.6 is 0 Å². The van der Waals surface area contributed by atoms with Crippen LogP contribution in [0.4, 0.5) is 5.95 Å². The van der Waals surface area contributed by atoms with Crippen molar-refractivity contribution < 1.29 is 9.90 Å². The third kappa shape index (κ3) is 3.54. The highest BCUT2D eigenvalue weighted by atomic mass is 16.3. The fourth-order valence-corrected chi connectivity index (χ4v) is 3.68. The third-order valence-electron chi connectivity index (χ3n) is 5.38. The maximum atomic E-state index is 13.0. The molecule has 0 bridgehead atoms. The zero-order valence-corrected chi connectivity index (χ0v) is 16.4. The molecule has 0 atom stereocenters. The second kappa shape index (κ2) is 7.54. The van der Waals surface area contributed by atoms with Crippen LogP contribution in [0.1, 0.15) is 42.1 Å². The molecular formula is C22H26N4O2. The van der Waals surface area contributed by atoms with Crippen molar-refractivity contribution in [2.75, 3.05) is 31.1 Å². The number of anilines is 1. The number of imidazole rings is 1. The molecule has 6 heteroatoms. The Morgan fingerprint density at radius 1 is 1.11 bits per heavy atom. The number of para-hydroxylation sites is 2. The zero-order valence-electron chi connectivity index (χ0n) is 16.4. The van der Waals surface area contributed by atoms with Crippen LogP contribution < -0.4 is 4.90 Å². The van der Waals surface area contributed by atoms with Crippen LogP contribution in [0.3, 0.4) is 0 Å². The Morgan fingerprint density at radius 3 is 2.68 bits per heavy atom. The molecule has 1 aromatic heterocycles. The van der Waals surface area contributed by atoms with Gasteiger partial charge in [0.25, 0.3) is 5.91 Å². The van der Waals surface area contributed by atoms with Crippen LogP contribution in [0.25, 0.3) is 11.0 Å². The van der Waals surface area contributed by atoms with Gasteiger partial charge in [0, 0.05) is 26.2 Å². The van der Waals surface area contributed by atoms with Gasteiger partial charge in [0.2, 0.25) is 5.95 Å². The average Bonchev–Trinajstić information content (AvgIpc) is 2.96. The Labute approximate surface area is 164 Å². The number of aromatic hydroxyl groups is 1. The Hall–Kier alpha value is -3.02. The lowest BCUT2D eigenvalue weighted by atomic mass is 10.0. The van der Waals surface area contributed by atoms with E-state index >= 15 is 0 Å². The average molecular weight is 378 g/mol. The van der Waals surface area contributed by atoms with Crippen molar-refractivity contribution in [1.29, 1.82) is 0 Å². The molecule has 3 aromatic rings. The number of aromatic nitrogens is 2. The summed E-state index contributed by atoms with van der Waals surface area (Å²) in [4.78, 5) is 25.0. The minimum Gasteiger partial charge on any atom is -0.507 e. The van der Waals surface area contributed by atoms with Crippen molar-refractivity contribution >= 4 is 22.9 Å². The number of nitrogens with zero attached hydrogens (tertiary/aromatic N) is 3. The molecule has 0 unspecified atom stereocenters. The van der Waals surface area contributed by atoms with E-state index in [1.807, 2.05) is 35.2 Å². The molecule has 6 nitrogen and oxygen atoms in total. The molecular weight excluding hydrogens is 352 g/mol. The standard InChI is InChI=1S/C22H26N4O2/c1-15(2)16-8-9-17(20(27)14-16)21(28)25-10-5-11-26(13-12-25)22-23-18-6-3-4-7-19(18)24-22/h3-4,6-9,14-15,27H,5,10-13H2,1-2H3,(H,23,24). The maximum Gasteiger partial charge on any atom is 0.257 e. The first kappa shape index (κ1) is 18.3. The number of nitrogens with one attached hydrogen (secondary N) is 1. The highest BCUT2D eigenvalue weighted by Gasteiger charge is 2.23. The molecule has 1 aliphatic heterocycles. The minimum absolute atomic E-state index is 0.0644. The fraction of sp³-hybridized carbons (Fsp3) is 0.364. The van der Waals surface area contributed by atoms with Crippen molar-refractivity contribution in [2.45, 2.75) is 26.2 Å². The number of carbonyl (C=O) groups excluding carboxylic acids is 1. The van der Waals surface area contributed by atoms with Crippen LogP contribution in [0.5, 0.6) is 5.75 Å². The predicted molar refractivity (Wildman–Crippen MR) is 111 cm³/mol. The molecule has 0 aliphatic carbocycles. The van der Waals surface area contributed by atoms with Crippen molar-refractivity contribution in [3.8, 4) is 5.75 Å². The van der Waals surface area contributed by atoms with Crippen LogP contribution in [-0.4, -0.2) is 52.1 Å². The van der Waals surface area contributed by atoms with Crippen LogP contribution in [0, 0.1) is 0 Å². The zero-order chi connectivity index (χ0) is 19.7. The van der Waals surface area contributed by atoms with Gasteiger partial charge in [-0.05, 0) is 42.2 Å². The second-order valence-electron chi connectivity index (χ2n) is 7.64. The van der Waals surface area contributed by atoms with Gasteiger partial charge in [-0.1, -0.05) is 32.0 Å². The van der Waals surface area contributed by atoms with Crippen LogP contribution in [0.2, 0.25) is 0 Å². The largest absolute Gasteiger partial charge is 0.507 e. The van der Waals surface area contributed by atoms with E-state index in [0.717, 1.165) is 35.5 Å². The number of hydrogen-bond acceptors (Lipinski definition) is 4. The van der Waals surface area contributed by atoms with Gasteiger partial charge in [-0.25, -0.2) is 4.98 Å². The van der Waals surface area contributed by atoms with Gasteiger partial charge in [0.05, 0.1) is 16.6 Å². The van der Waals surface area contributed by atoms with Gasteiger partial charge in [0.15, 0.2) is 0 Å². The molecule has 4 rings (SSSR count). The fourth-order valence-electron chi connectivity index (χ4n) is 3.68. The lowest BCUT2D eigenvalue weighted by molar-refractivity contribution is 0.0764. The molecule has 2 aromatic carbocycles. The van der Waals surface area contributed by atoms with E-state index in [-0.39, 0.29) is 11.7 Å². The normalized spacial score (nSPS) is 15.2. The Bertz CT molecular complexity index is 962. The summed E-state index contributed by atoms with van der Waals surface area (Å²) in [6.45, 7) is 6.94. The summed E-state index contributed by atoms with van der Waals surface area (Å²) in [6.07, 6.45) is 0.855. The van der Waals surface area contributed by atoms with E-state index in [2.05, 4.69) is 28.7 Å². The van der Waals surface area contributed by atoms with E-state index in [0.29, 0.717) is 31.1 Å². The smallest absolute Gasteiger partial charge is 0.257 e. The number of hydrogen-bond donors (Lipinski definition) is 2. The van der Waals surface area contributed by atoms with E-state index in [9.17, 15) is 9.90 Å². The topological polar surface area (TPSA) is 72.5 Å². The lowest BCUT2D eigenvalue weighted by Gasteiger charge is -2.22. The molecule has 1 fully saturated rings. The number of phenols is 1. The summed E-state index contributed by atoms with van der Waals surface area (Å²) in [5, 5.41) is 10.3. The number of carbonyl (C=O) groups is 1. The molecule has 0 spiro atoms. The second-order valence-corrected chi connectivity index (χ2v) is 7.64. The van der Waals surface area contributed by atoms with Gasteiger partial charge in [-0.2, -0.15) is 0 Å². The van der Waals surface area contributed by atoms with E-state index < -0.39 is 0 Å². The van der Waals surface area contributed by atoms with Crippen molar-refractivity contribution in [1.82, 2.24) is 14.9 Å². The highest BCUT2D eigenvalue weighted by Crippen LogP contribution is 2.25. The van der Waals surface area contributed by atoms with Crippen molar-refractivity contribution in [3.63, 3.8) is 0 Å². The van der Waals surface area contributed by atoms with E-state index in [1.54, 1.807) is 12.1 Å². The van der Waals surface area contributed by atoms with Crippen LogP contribution in [-0.2, 0) is 0 Å². The van der Waals surface area contributed by atoms with Crippen molar-refractivity contribution in [2.24, 2.45) is 0 Å². The number of amides is 1. The number of H-pyrrole nitrogens is 1. The third-order valence-corrected chi connectivity index (χ3v) is 5.38. The molecule has 28 heavy (non-hydrogen) atoms. The molecule has 2 heterocycles. The first-order valence-electron chi connectivity index (χ1n) is 9.85. The highest BCUT2D eigenvalue weighted by molar-refractivity contribution is 5.97. The maximum absolute atomic E-state index is 13.0. The molecule has 1 aliphatic rings. The summed E-state index contributed by atoms with van der Waals surface area (Å²) in [7, 11) is 0. The number of aromatic amines is 1. The molecule has 2 N–H and O–H groups in total. The predicted octanol–water partition coefficient (Wildman–Crippen LogP) is 3.74. The lowest BCUT2D eigenvalue weighted by Crippen LogP contribution is -2.35. The summed E-state index contributed by atoms with van der Waals surface area (Å²) in [6, 6.07) is 13.4. The van der Waals surface area contributed by atoms with Crippen molar-refractivity contribution in [3.05, 3.63) is 53.6 Å². The first-order chi connectivity index (χ1) is 13.5. The van der Waals surface area contributed by atoms with E-state index in [4.69, 9.17) is 0 Å². The Balaban J connectivity index is 1.48. The number of phenolic OH excluding ortho intramolecular Hbond substituents is 1. The monoisotopic (exact) mass is 378 g/mol. The molecule has 146 valence electrons. The minimum atomic E-state index is -0.112. The van der Waals surface area contributed by atoms with Gasteiger partial charge >= 0.3 is 0 Å². The van der Waals surface area contributed by atoms with Gasteiger partial charge in [-0.3, -0.25) is 4.79 Å².